The molecule has 0 saturated heterocycles. The molecule has 1 aromatic heterocycles. The number of nitrogens with two attached hydrogens (primary N) is 1. The second-order valence-corrected chi connectivity index (χ2v) is 5.51. The third kappa shape index (κ3) is 4.84. The number of carbonyl (C=O) groups is 2. The van der Waals surface area contributed by atoms with Crippen molar-refractivity contribution in [1.29, 1.82) is 5.41 Å². The second kappa shape index (κ2) is 8.00. The van der Waals surface area contributed by atoms with Crippen molar-refractivity contribution in [1.82, 2.24) is 14.9 Å². The normalized spacial score (nSPS) is 10.3. The molecule has 2 rings (SSSR count). The van der Waals surface area contributed by atoms with Crippen molar-refractivity contribution in [3.05, 3.63) is 48.0 Å². The summed E-state index contributed by atoms with van der Waals surface area (Å²) in [5.41, 5.74) is 7.63. The molecule has 1 amide bonds. The molecule has 0 aliphatic carbocycles. The van der Waals surface area contributed by atoms with E-state index in [1.165, 1.54) is 4.90 Å². The highest BCUT2D eigenvalue weighted by Gasteiger charge is 2.15. The molecule has 0 bridgehead atoms. The summed E-state index contributed by atoms with van der Waals surface area (Å²) >= 11 is 0. The molecule has 130 valence electrons. The number of benzene rings is 1. The molecule has 0 aliphatic heterocycles. The minimum absolute atomic E-state index is 0.00493. The van der Waals surface area contributed by atoms with Crippen LogP contribution in [0.25, 0.3) is 11.1 Å². The van der Waals surface area contributed by atoms with Gasteiger partial charge in [-0.15, -0.1) is 0 Å². The maximum Gasteiger partial charge on any atom is 0.303 e. The number of carbonyl (C=O) groups excluding carboxylic acids is 1. The number of hydrogen-bond donors (Lipinski definition) is 3. The van der Waals surface area contributed by atoms with Gasteiger partial charge in [0, 0.05) is 43.5 Å². The van der Waals surface area contributed by atoms with E-state index in [0.29, 0.717) is 18.5 Å². The summed E-state index contributed by atoms with van der Waals surface area (Å²) in [5, 5.41) is 16.0. The first-order valence-electron chi connectivity index (χ1n) is 7.62. The van der Waals surface area contributed by atoms with Gasteiger partial charge in [-0.25, -0.2) is 9.97 Å². The predicted octanol–water partition coefficient (Wildman–Crippen LogP) is 1.36. The van der Waals surface area contributed by atoms with Crippen LogP contribution < -0.4 is 5.73 Å². The molecule has 0 fully saturated rings. The molecule has 0 saturated carbocycles. The Morgan fingerprint density at radius 2 is 1.76 bits per heavy atom. The monoisotopic (exact) mass is 341 g/mol. The molecule has 2 aromatic rings. The van der Waals surface area contributed by atoms with Crippen molar-refractivity contribution < 1.29 is 14.7 Å². The van der Waals surface area contributed by atoms with Crippen molar-refractivity contribution in [2.45, 2.75) is 12.8 Å². The van der Waals surface area contributed by atoms with E-state index in [0.717, 1.165) is 11.1 Å². The number of hydrogen-bond acceptors (Lipinski definition) is 5. The maximum atomic E-state index is 12.2. The van der Waals surface area contributed by atoms with Gasteiger partial charge in [-0.3, -0.25) is 15.0 Å². The minimum Gasteiger partial charge on any atom is -0.481 e. The number of aromatic nitrogens is 2. The molecular weight excluding hydrogens is 322 g/mol. The smallest absolute Gasteiger partial charge is 0.303 e. The summed E-state index contributed by atoms with van der Waals surface area (Å²) in [6.07, 6.45) is 3.48. The van der Waals surface area contributed by atoms with Crippen molar-refractivity contribution in [2.24, 2.45) is 5.73 Å². The van der Waals surface area contributed by atoms with E-state index < -0.39 is 5.97 Å². The standard InChI is InChI=1S/C17H19N5O3/c1-22(8-2-3-14(23)24)17(25)16-20-9-13(10-21-16)11-4-6-12(7-5-11)15(18)19/h4-7,9-10H,2-3,8H2,1H3,(H3,18,19)(H,23,24). The molecule has 0 atom stereocenters. The topological polar surface area (TPSA) is 133 Å². The van der Waals surface area contributed by atoms with Crippen LogP contribution in [0.2, 0.25) is 0 Å². The first kappa shape index (κ1) is 18.1. The van der Waals surface area contributed by atoms with Gasteiger partial charge in [0.15, 0.2) is 0 Å². The fraction of sp³-hybridized carbons (Fsp3) is 0.235. The second-order valence-electron chi connectivity index (χ2n) is 5.51. The molecule has 1 aromatic carbocycles. The van der Waals surface area contributed by atoms with Crippen LogP contribution in [0.5, 0.6) is 0 Å². The summed E-state index contributed by atoms with van der Waals surface area (Å²) in [6.45, 7) is 0.322. The molecule has 4 N–H and O–H groups in total. The Balaban J connectivity index is 2.04. The highest BCUT2D eigenvalue weighted by atomic mass is 16.4. The first-order chi connectivity index (χ1) is 11.9. The van der Waals surface area contributed by atoms with Gasteiger partial charge in [-0.05, 0) is 12.0 Å². The lowest BCUT2D eigenvalue weighted by Crippen LogP contribution is -2.29. The third-order valence-electron chi connectivity index (χ3n) is 3.60. The Kier molecular flexibility index (Phi) is 5.78. The predicted molar refractivity (Wildman–Crippen MR) is 92.3 cm³/mol. The lowest BCUT2D eigenvalue weighted by Gasteiger charge is -2.15. The van der Waals surface area contributed by atoms with Crippen LogP contribution in [0.3, 0.4) is 0 Å². The molecule has 0 radical (unpaired) electrons. The van der Waals surface area contributed by atoms with Gasteiger partial charge in [0.05, 0.1) is 0 Å². The number of rotatable bonds is 7. The molecule has 25 heavy (non-hydrogen) atoms. The van der Waals surface area contributed by atoms with Crippen molar-refractivity contribution in [2.75, 3.05) is 13.6 Å². The van der Waals surface area contributed by atoms with Crippen LogP contribution >= 0.6 is 0 Å². The number of amides is 1. The van der Waals surface area contributed by atoms with E-state index in [9.17, 15) is 9.59 Å². The molecule has 8 nitrogen and oxygen atoms in total. The largest absolute Gasteiger partial charge is 0.481 e. The molecule has 1 heterocycles. The van der Waals surface area contributed by atoms with E-state index in [2.05, 4.69) is 9.97 Å². The number of aliphatic carboxylic acids is 1. The fourth-order valence-corrected chi connectivity index (χ4v) is 2.17. The molecular formula is C17H19N5O3. The summed E-state index contributed by atoms with van der Waals surface area (Å²) in [7, 11) is 1.59. The average Bonchev–Trinajstić information content (AvgIpc) is 2.61. The zero-order valence-electron chi connectivity index (χ0n) is 13.8. The van der Waals surface area contributed by atoms with Gasteiger partial charge in [0.1, 0.15) is 5.84 Å². The van der Waals surface area contributed by atoms with Gasteiger partial charge in [-0.2, -0.15) is 0 Å². The van der Waals surface area contributed by atoms with Crippen molar-refractivity contribution in [3.63, 3.8) is 0 Å². The van der Waals surface area contributed by atoms with E-state index in [4.69, 9.17) is 16.2 Å². The SMILES string of the molecule is CN(CCCC(=O)O)C(=O)c1ncc(-c2ccc(C(=N)N)cc2)cn1. The Hall–Kier alpha value is -3.29. The summed E-state index contributed by atoms with van der Waals surface area (Å²) in [6, 6.07) is 7.06. The van der Waals surface area contributed by atoms with E-state index in [1.807, 2.05) is 0 Å². The highest BCUT2D eigenvalue weighted by Crippen LogP contribution is 2.18. The number of carboxylic acids is 1. The molecule has 0 unspecified atom stereocenters. The summed E-state index contributed by atoms with van der Waals surface area (Å²) < 4.78 is 0. The fourth-order valence-electron chi connectivity index (χ4n) is 2.17. The maximum absolute atomic E-state index is 12.2. The van der Waals surface area contributed by atoms with Crippen LogP contribution in [0.4, 0.5) is 0 Å². The van der Waals surface area contributed by atoms with Gasteiger partial charge < -0.3 is 15.7 Å². The third-order valence-corrected chi connectivity index (χ3v) is 3.60. The van der Waals surface area contributed by atoms with E-state index in [-0.39, 0.29) is 24.0 Å². The Morgan fingerprint density at radius 3 is 2.28 bits per heavy atom. The van der Waals surface area contributed by atoms with Gasteiger partial charge in [0.2, 0.25) is 5.82 Å². The lowest BCUT2D eigenvalue weighted by atomic mass is 10.1. The van der Waals surface area contributed by atoms with Crippen LogP contribution in [0, 0.1) is 5.41 Å². The van der Waals surface area contributed by atoms with Crippen LogP contribution in [0.1, 0.15) is 29.0 Å². The van der Waals surface area contributed by atoms with Gasteiger partial charge >= 0.3 is 5.97 Å². The quantitative estimate of drug-likeness (QED) is 0.514. The zero-order valence-corrected chi connectivity index (χ0v) is 13.8. The van der Waals surface area contributed by atoms with Gasteiger partial charge in [0.25, 0.3) is 5.91 Å². The first-order valence-corrected chi connectivity index (χ1v) is 7.62. The lowest BCUT2D eigenvalue weighted by molar-refractivity contribution is -0.137. The number of carboxylic acid groups (broad SMARTS) is 1. The average molecular weight is 341 g/mol. The zero-order chi connectivity index (χ0) is 18.4. The Morgan fingerprint density at radius 1 is 1.16 bits per heavy atom. The summed E-state index contributed by atoms with van der Waals surface area (Å²) in [5.74, 6) is -1.20. The van der Waals surface area contributed by atoms with Gasteiger partial charge in [-0.1, -0.05) is 24.3 Å². The molecule has 0 aliphatic rings. The van der Waals surface area contributed by atoms with Crippen molar-refractivity contribution in [3.8, 4) is 11.1 Å². The number of amidine groups is 1. The van der Waals surface area contributed by atoms with E-state index >= 15 is 0 Å². The Labute approximate surface area is 144 Å². The molecule has 8 heteroatoms. The molecule has 0 spiro atoms. The number of nitrogens with one attached hydrogen (secondary N) is 1. The number of nitrogens with zero attached hydrogens (tertiary/aromatic N) is 3. The van der Waals surface area contributed by atoms with E-state index in [1.54, 1.807) is 43.7 Å². The van der Waals surface area contributed by atoms with Crippen LogP contribution in [-0.2, 0) is 4.79 Å². The van der Waals surface area contributed by atoms with Crippen molar-refractivity contribution >= 4 is 17.7 Å². The summed E-state index contributed by atoms with van der Waals surface area (Å²) in [4.78, 5) is 32.3. The highest BCUT2D eigenvalue weighted by molar-refractivity contribution is 5.95. The minimum atomic E-state index is -0.891. The Bertz CT molecular complexity index is 772. The van der Waals surface area contributed by atoms with Crippen LogP contribution in [-0.4, -0.2) is 51.3 Å². The van der Waals surface area contributed by atoms with Crippen LogP contribution in [0.15, 0.2) is 36.7 Å². The number of nitrogen functional groups attached to an aromatic ring is 1.